The van der Waals surface area contributed by atoms with Crippen molar-refractivity contribution in [1.29, 1.82) is 0 Å². The fourth-order valence-corrected chi connectivity index (χ4v) is 3.17. The van der Waals surface area contributed by atoms with Gasteiger partial charge in [0.15, 0.2) is 0 Å². The maximum atomic E-state index is 12.0. The van der Waals surface area contributed by atoms with Crippen LogP contribution in [-0.2, 0) is 9.53 Å². The van der Waals surface area contributed by atoms with Crippen LogP contribution in [-0.4, -0.2) is 29.7 Å². The molecule has 1 aliphatic heterocycles. The lowest BCUT2D eigenvalue weighted by Crippen LogP contribution is -2.33. The van der Waals surface area contributed by atoms with Crippen LogP contribution < -0.4 is 5.32 Å². The van der Waals surface area contributed by atoms with E-state index in [1.54, 1.807) is 6.92 Å². The summed E-state index contributed by atoms with van der Waals surface area (Å²) < 4.78 is 5.39. The van der Waals surface area contributed by atoms with Gasteiger partial charge in [-0.3, -0.25) is 4.79 Å². The Hall–Kier alpha value is -1.40. The first-order valence-corrected chi connectivity index (χ1v) is 7.08. The van der Waals surface area contributed by atoms with Gasteiger partial charge in [0.2, 0.25) is 0 Å². The average Bonchev–Trinajstić information content (AvgIpc) is 2.65. The van der Waals surface area contributed by atoms with Gasteiger partial charge in [-0.05, 0) is 38.7 Å². The normalized spacial score (nSPS) is 19.2. The third kappa shape index (κ3) is 2.96. The minimum absolute atomic E-state index is 0.187. The number of thiophene rings is 1. The number of carboxylic acids is 1. The van der Waals surface area contributed by atoms with Crippen molar-refractivity contribution >= 4 is 28.2 Å². The molecule has 0 spiro atoms. The molecule has 19 heavy (non-hydrogen) atoms. The monoisotopic (exact) mass is 283 g/mol. The second-order valence-electron chi connectivity index (χ2n) is 4.64. The van der Waals surface area contributed by atoms with Gasteiger partial charge in [-0.1, -0.05) is 0 Å². The average molecular weight is 283 g/mol. The molecule has 0 aromatic carbocycles. The highest BCUT2D eigenvalue weighted by Crippen LogP contribution is 2.32. The molecular weight excluding hydrogens is 266 g/mol. The van der Waals surface area contributed by atoms with Gasteiger partial charge in [-0.15, -0.1) is 11.3 Å². The molecule has 1 saturated heterocycles. The van der Waals surface area contributed by atoms with Gasteiger partial charge >= 0.3 is 5.97 Å². The van der Waals surface area contributed by atoms with Crippen molar-refractivity contribution in [2.45, 2.75) is 39.2 Å². The minimum atomic E-state index is -1.01. The van der Waals surface area contributed by atoms with Crippen LogP contribution in [0.3, 0.4) is 0 Å². The van der Waals surface area contributed by atoms with E-state index in [0.717, 1.165) is 17.7 Å². The molecule has 1 amide bonds. The van der Waals surface area contributed by atoms with Crippen LogP contribution in [0.1, 0.15) is 40.1 Å². The molecule has 1 aliphatic rings. The first kappa shape index (κ1) is 14.0. The Labute approximate surface area is 115 Å². The van der Waals surface area contributed by atoms with Gasteiger partial charge in [0, 0.05) is 11.5 Å². The topological polar surface area (TPSA) is 75.6 Å². The molecule has 1 aromatic heterocycles. The van der Waals surface area contributed by atoms with E-state index >= 15 is 0 Å². The Morgan fingerprint density at radius 3 is 2.68 bits per heavy atom. The molecule has 1 unspecified atom stereocenters. The zero-order chi connectivity index (χ0) is 14.0. The lowest BCUT2D eigenvalue weighted by molar-refractivity contribution is -0.129. The molecule has 1 aromatic rings. The van der Waals surface area contributed by atoms with Crippen LogP contribution >= 0.6 is 11.3 Å². The van der Waals surface area contributed by atoms with E-state index in [1.165, 1.54) is 11.3 Å². The number of hydrogen-bond donors (Lipinski definition) is 2. The number of anilines is 1. The number of aryl methyl sites for hydroxylation is 1. The lowest BCUT2D eigenvalue weighted by Gasteiger charge is -2.21. The molecule has 2 N–H and O–H groups in total. The Bertz CT molecular complexity index is 503. The Kier molecular flexibility index (Phi) is 4.21. The van der Waals surface area contributed by atoms with Crippen molar-refractivity contribution in [3.63, 3.8) is 0 Å². The molecule has 104 valence electrons. The molecule has 0 aliphatic carbocycles. The Morgan fingerprint density at radius 2 is 2.11 bits per heavy atom. The number of carbonyl (C=O) groups excluding carboxylic acids is 1. The highest BCUT2D eigenvalue weighted by molar-refractivity contribution is 7.16. The second-order valence-corrected chi connectivity index (χ2v) is 5.86. The fraction of sp³-hybridized carbons (Fsp3) is 0.538. The van der Waals surface area contributed by atoms with Crippen LogP contribution in [0.15, 0.2) is 0 Å². The van der Waals surface area contributed by atoms with E-state index in [1.807, 2.05) is 6.92 Å². The van der Waals surface area contributed by atoms with Crippen LogP contribution in [0.5, 0.6) is 0 Å². The zero-order valence-electron chi connectivity index (χ0n) is 11.0. The zero-order valence-corrected chi connectivity index (χ0v) is 11.8. The number of rotatable bonds is 3. The summed E-state index contributed by atoms with van der Waals surface area (Å²) in [6.07, 6.45) is 2.17. The summed E-state index contributed by atoms with van der Waals surface area (Å²) in [6.45, 7) is 4.19. The van der Waals surface area contributed by atoms with E-state index in [0.29, 0.717) is 23.6 Å². The lowest BCUT2D eigenvalue weighted by atomic mass is 10.1. The highest BCUT2D eigenvalue weighted by atomic mass is 32.1. The van der Waals surface area contributed by atoms with Crippen LogP contribution in [0.25, 0.3) is 0 Å². The smallest absolute Gasteiger partial charge is 0.338 e. The summed E-state index contributed by atoms with van der Waals surface area (Å²) in [7, 11) is 0. The van der Waals surface area contributed by atoms with E-state index in [4.69, 9.17) is 4.74 Å². The standard InChI is InChI=1S/C13H17NO4S/c1-7-8(2)19-12(10(7)13(16)17)14-11(15)9-5-3-4-6-18-9/h9H,3-6H2,1-2H3,(H,14,15)(H,16,17). The third-order valence-corrected chi connectivity index (χ3v) is 4.43. The summed E-state index contributed by atoms with van der Waals surface area (Å²) >= 11 is 1.29. The van der Waals surface area contributed by atoms with E-state index < -0.39 is 12.1 Å². The quantitative estimate of drug-likeness (QED) is 0.894. The Balaban J connectivity index is 2.16. The van der Waals surface area contributed by atoms with Crippen molar-refractivity contribution in [2.24, 2.45) is 0 Å². The highest BCUT2D eigenvalue weighted by Gasteiger charge is 2.25. The van der Waals surface area contributed by atoms with Crippen molar-refractivity contribution in [3.05, 3.63) is 16.0 Å². The Morgan fingerprint density at radius 1 is 1.37 bits per heavy atom. The van der Waals surface area contributed by atoms with Crippen molar-refractivity contribution in [1.82, 2.24) is 0 Å². The summed E-state index contributed by atoms with van der Waals surface area (Å²) in [6, 6.07) is 0. The van der Waals surface area contributed by atoms with E-state index in [9.17, 15) is 14.7 Å². The number of nitrogens with one attached hydrogen (secondary N) is 1. The SMILES string of the molecule is Cc1sc(NC(=O)C2CCCCO2)c(C(=O)O)c1C. The van der Waals surface area contributed by atoms with Gasteiger partial charge in [0.1, 0.15) is 11.1 Å². The molecule has 2 heterocycles. The first-order valence-electron chi connectivity index (χ1n) is 6.26. The van der Waals surface area contributed by atoms with Crippen LogP contribution in [0, 0.1) is 13.8 Å². The number of carboxylic acid groups (broad SMARTS) is 1. The number of hydrogen-bond acceptors (Lipinski definition) is 4. The predicted octanol–water partition coefficient (Wildman–Crippen LogP) is 2.57. The number of aromatic carboxylic acids is 1. The summed E-state index contributed by atoms with van der Waals surface area (Å²) in [5, 5.41) is 12.3. The second kappa shape index (κ2) is 5.71. The molecule has 0 bridgehead atoms. The molecular formula is C13H17NO4S. The van der Waals surface area contributed by atoms with Gasteiger partial charge < -0.3 is 15.2 Å². The number of carbonyl (C=O) groups is 2. The summed E-state index contributed by atoms with van der Waals surface area (Å²) in [4.78, 5) is 24.2. The van der Waals surface area contributed by atoms with Crippen LogP contribution in [0.2, 0.25) is 0 Å². The van der Waals surface area contributed by atoms with E-state index in [2.05, 4.69) is 5.32 Å². The van der Waals surface area contributed by atoms with Crippen molar-refractivity contribution in [2.75, 3.05) is 11.9 Å². The molecule has 5 nitrogen and oxygen atoms in total. The third-order valence-electron chi connectivity index (χ3n) is 3.31. The molecule has 1 atom stereocenters. The van der Waals surface area contributed by atoms with Crippen LogP contribution in [0.4, 0.5) is 5.00 Å². The first-order chi connectivity index (χ1) is 9.00. The fourth-order valence-electron chi connectivity index (χ4n) is 2.11. The maximum absolute atomic E-state index is 12.0. The van der Waals surface area contributed by atoms with Crippen molar-refractivity contribution in [3.8, 4) is 0 Å². The minimum Gasteiger partial charge on any atom is -0.478 e. The molecule has 2 rings (SSSR count). The van der Waals surface area contributed by atoms with E-state index in [-0.39, 0.29) is 11.5 Å². The molecule has 6 heteroatoms. The molecule has 0 radical (unpaired) electrons. The van der Waals surface area contributed by atoms with Crippen molar-refractivity contribution < 1.29 is 19.4 Å². The molecule has 1 fully saturated rings. The van der Waals surface area contributed by atoms with Gasteiger partial charge in [0.25, 0.3) is 5.91 Å². The summed E-state index contributed by atoms with van der Waals surface area (Å²) in [5.74, 6) is -1.26. The van der Waals surface area contributed by atoms with Gasteiger partial charge in [0.05, 0.1) is 5.56 Å². The number of amides is 1. The largest absolute Gasteiger partial charge is 0.478 e. The summed E-state index contributed by atoms with van der Waals surface area (Å²) in [5.41, 5.74) is 0.893. The molecule has 0 saturated carbocycles. The van der Waals surface area contributed by atoms with Gasteiger partial charge in [-0.25, -0.2) is 4.79 Å². The predicted molar refractivity (Wildman–Crippen MR) is 73.0 cm³/mol. The number of ether oxygens (including phenoxy) is 1. The van der Waals surface area contributed by atoms with Gasteiger partial charge in [-0.2, -0.15) is 0 Å². The maximum Gasteiger partial charge on any atom is 0.338 e.